The molecule has 0 atom stereocenters. The molecule has 10 heteroatoms. The van der Waals surface area contributed by atoms with E-state index in [1.54, 1.807) is 24.3 Å². The summed E-state index contributed by atoms with van der Waals surface area (Å²) >= 11 is 3.33. The Morgan fingerprint density at radius 2 is 1.86 bits per heavy atom. The Morgan fingerprint density at radius 3 is 2.52 bits per heavy atom. The van der Waals surface area contributed by atoms with Gasteiger partial charge in [0.25, 0.3) is 5.91 Å². The number of nitrogens with one attached hydrogen (secondary N) is 1. The number of rotatable bonds is 7. The number of hydrogen-bond acceptors (Lipinski definition) is 6. The van der Waals surface area contributed by atoms with Crippen LogP contribution in [0.15, 0.2) is 51.8 Å². The molecule has 0 radical (unpaired) electrons. The van der Waals surface area contributed by atoms with Gasteiger partial charge >= 0.3 is 0 Å². The highest BCUT2D eigenvalue weighted by Crippen LogP contribution is 2.29. The average molecular weight is 485 g/mol. The van der Waals surface area contributed by atoms with Crippen molar-refractivity contribution in [3.8, 4) is 11.5 Å². The lowest BCUT2D eigenvalue weighted by atomic mass is 10.3. The molecule has 0 spiro atoms. The van der Waals surface area contributed by atoms with Crippen molar-refractivity contribution in [1.29, 1.82) is 0 Å². The van der Waals surface area contributed by atoms with Crippen molar-refractivity contribution < 1.29 is 27.4 Å². The van der Waals surface area contributed by atoms with Crippen molar-refractivity contribution in [3.05, 3.63) is 46.9 Å². The summed E-state index contributed by atoms with van der Waals surface area (Å²) in [4.78, 5) is 12.4. The highest BCUT2D eigenvalue weighted by molar-refractivity contribution is 9.10. The molecule has 1 amide bonds. The molecule has 1 fully saturated rings. The van der Waals surface area contributed by atoms with Gasteiger partial charge in [0.15, 0.2) is 6.61 Å². The standard InChI is InChI=1S/C19H21BrN2O6S/c1-26-18-7-6-16(29(24,25)22-8-10-27-11-9-22)12-17(18)21-19(23)13-28-15-4-2-14(20)3-5-15/h2-7,12H,8-11,13H2,1H3,(H,21,23). The van der Waals surface area contributed by atoms with Crippen molar-refractivity contribution >= 4 is 37.5 Å². The molecule has 3 rings (SSSR count). The Labute approximate surface area is 177 Å². The molecular formula is C19H21BrN2O6S. The molecule has 0 bridgehead atoms. The normalized spacial score (nSPS) is 15.0. The number of anilines is 1. The zero-order valence-corrected chi connectivity index (χ0v) is 18.2. The molecule has 0 aliphatic carbocycles. The van der Waals surface area contributed by atoms with Crippen LogP contribution in [0.3, 0.4) is 0 Å². The van der Waals surface area contributed by atoms with Crippen LogP contribution < -0.4 is 14.8 Å². The number of carbonyl (C=O) groups excluding carboxylic acids is 1. The average Bonchev–Trinajstić information content (AvgIpc) is 2.74. The first-order valence-corrected chi connectivity index (χ1v) is 11.1. The van der Waals surface area contributed by atoms with Gasteiger partial charge in [0, 0.05) is 17.6 Å². The Bertz CT molecular complexity index is 959. The molecule has 0 unspecified atom stereocenters. The molecule has 1 aliphatic rings. The Hall–Kier alpha value is -2.14. The number of carbonyl (C=O) groups is 1. The van der Waals surface area contributed by atoms with E-state index < -0.39 is 15.9 Å². The van der Waals surface area contributed by atoms with Crippen LogP contribution in [-0.2, 0) is 19.6 Å². The summed E-state index contributed by atoms with van der Waals surface area (Å²) in [7, 11) is -2.25. The maximum atomic E-state index is 12.9. The maximum absolute atomic E-state index is 12.9. The van der Waals surface area contributed by atoms with E-state index in [1.807, 2.05) is 0 Å². The number of sulfonamides is 1. The summed E-state index contributed by atoms with van der Waals surface area (Å²) in [5.74, 6) is 0.453. The molecule has 8 nitrogen and oxygen atoms in total. The number of ether oxygens (including phenoxy) is 3. The van der Waals surface area contributed by atoms with E-state index in [-0.39, 0.29) is 30.3 Å². The monoisotopic (exact) mass is 484 g/mol. The van der Waals surface area contributed by atoms with Crippen LogP contribution in [-0.4, -0.2) is 58.7 Å². The molecule has 0 saturated carbocycles. The highest BCUT2D eigenvalue weighted by Gasteiger charge is 2.27. The van der Waals surface area contributed by atoms with Crippen LogP contribution in [0.2, 0.25) is 0 Å². The summed E-state index contributed by atoms with van der Waals surface area (Å²) in [6, 6.07) is 11.4. The second-order valence-electron chi connectivity index (χ2n) is 6.17. The smallest absolute Gasteiger partial charge is 0.262 e. The Balaban J connectivity index is 1.72. The van der Waals surface area contributed by atoms with Crippen LogP contribution in [0, 0.1) is 0 Å². The molecule has 156 valence electrons. The molecule has 2 aromatic carbocycles. The van der Waals surface area contributed by atoms with Crippen LogP contribution in [0.5, 0.6) is 11.5 Å². The lowest BCUT2D eigenvalue weighted by molar-refractivity contribution is -0.118. The lowest BCUT2D eigenvalue weighted by Crippen LogP contribution is -2.40. The number of amides is 1. The number of methoxy groups -OCH3 is 1. The summed E-state index contributed by atoms with van der Waals surface area (Å²) in [6.45, 7) is 1.05. The van der Waals surface area contributed by atoms with E-state index in [0.717, 1.165) is 4.47 Å². The topological polar surface area (TPSA) is 94.2 Å². The third-order valence-corrected chi connectivity index (χ3v) is 6.66. The predicted octanol–water partition coefficient (Wildman–Crippen LogP) is 2.50. The minimum atomic E-state index is -3.69. The van der Waals surface area contributed by atoms with E-state index in [4.69, 9.17) is 14.2 Å². The second kappa shape index (κ2) is 9.57. The van der Waals surface area contributed by atoms with Crippen LogP contribution >= 0.6 is 15.9 Å². The van der Waals surface area contributed by atoms with Gasteiger partial charge in [0.05, 0.1) is 30.9 Å². The SMILES string of the molecule is COc1ccc(S(=O)(=O)N2CCOCC2)cc1NC(=O)COc1ccc(Br)cc1. The molecular weight excluding hydrogens is 464 g/mol. The summed E-state index contributed by atoms with van der Waals surface area (Å²) in [5.41, 5.74) is 0.256. The fourth-order valence-electron chi connectivity index (χ4n) is 2.75. The Morgan fingerprint density at radius 1 is 1.17 bits per heavy atom. The molecule has 0 aromatic heterocycles. The first-order chi connectivity index (χ1) is 13.9. The van der Waals surface area contributed by atoms with E-state index in [9.17, 15) is 13.2 Å². The van der Waals surface area contributed by atoms with Gasteiger partial charge in [-0.25, -0.2) is 8.42 Å². The van der Waals surface area contributed by atoms with E-state index in [2.05, 4.69) is 21.2 Å². The zero-order chi connectivity index (χ0) is 20.9. The quantitative estimate of drug-likeness (QED) is 0.648. The summed E-state index contributed by atoms with van der Waals surface area (Å²) in [5, 5.41) is 2.65. The maximum Gasteiger partial charge on any atom is 0.262 e. The summed E-state index contributed by atoms with van der Waals surface area (Å²) in [6.07, 6.45) is 0. The van der Waals surface area contributed by atoms with E-state index >= 15 is 0 Å². The van der Waals surface area contributed by atoms with Crippen molar-refractivity contribution in [1.82, 2.24) is 4.31 Å². The van der Waals surface area contributed by atoms with Crippen molar-refractivity contribution in [2.75, 3.05) is 45.3 Å². The van der Waals surface area contributed by atoms with Gasteiger partial charge in [-0.2, -0.15) is 4.31 Å². The van der Waals surface area contributed by atoms with Gasteiger partial charge in [-0.15, -0.1) is 0 Å². The van der Waals surface area contributed by atoms with Crippen molar-refractivity contribution in [2.24, 2.45) is 0 Å². The first-order valence-electron chi connectivity index (χ1n) is 8.84. The van der Waals surface area contributed by atoms with Gasteiger partial charge in [-0.3, -0.25) is 4.79 Å². The van der Waals surface area contributed by atoms with Crippen LogP contribution in [0.25, 0.3) is 0 Å². The molecule has 2 aromatic rings. The van der Waals surface area contributed by atoms with Gasteiger partial charge in [-0.05, 0) is 42.5 Å². The number of nitrogens with zero attached hydrogens (tertiary/aromatic N) is 1. The fraction of sp³-hybridized carbons (Fsp3) is 0.316. The number of hydrogen-bond donors (Lipinski definition) is 1. The second-order valence-corrected chi connectivity index (χ2v) is 9.02. The molecule has 1 saturated heterocycles. The first kappa shape index (κ1) is 21.6. The van der Waals surface area contributed by atoms with Crippen molar-refractivity contribution in [2.45, 2.75) is 4.90 Å². The van der Waals surface area contributed by atoms with Gasteiger partial charge in [0.2, 0.25) is 10.0 Å². The summed E-state index contributed by atoms with van der Waals surface area (Å²) < 4.78 is 43.9. The number of morpholine rings is 1. The van der Waals surface area contributed by atoms with Gasteiger partial charge in [0.1, 0.15) is 11.5 Å². The molecule has 1 N–H and O–H groups in total. The number of benzene rings is 2. The lowest BCUT2D eigenvalue weighted by Gasteiger charge is -2.26. The molecule has 29 heavy (non-hydrogen) atoms. The fourth-order valence-corrected chi connectivity index (χ4v) is 4.45. The van der Waals surface area contributed by atoms with E-state index in [0.29, 0.717) is 24.7 Å². The van der Waals surface area contributed by atoms with Gasteiger partial charge < -0.3 is 19.5 Å². The highest BCUT2D eigenvalue weighted by atomic mass is 79.9. The predicted molar refractivity (Wildman–Crippen MR) is 111 cm³/mol. The van der Waals surface area contributed by atoms with E-state index in [1.165, 1.54) is 29.6 Å². The molecule has 1 aliphatic heterocycles. The van der Waals surface area contributed by atoms with Gasteiger partial charge in [-0.1, -0.05) is 15.9 Å². The third kappa shape index (κ3) is 5.47. The minimum Gasteiger partial charge on any atom is -0.495 e. The molecule has 1 heterocycles. The Kier molecular flexibility index (Phi) is 7.12. The van der Waals surface area contributed by atoms with Crippen LogP contribution in [0.4, 0.5) is 5.69 Å². The van der Waals surface area contributed by atoms with Crippen molar-refractivity contribution in [3.63, 3.8) is 0 Å². The van der Waals surface area contributed by atoms with Crippen LogP contribution in [0.1, 0.15) is 0 Å². The largest absolute Gasteiger partial charge is 0.495 e. The third-order valence-electron chi connectivity index (χ3n) is 4.24. The zero-order valence-electron chi connectivity index (χ0n) is 15.8. The number of halogens is 1. The minimum absolute atomic E-state index is 0.0735.